The van der Waals surface area contributed by atoms with Crippen molar-refractivity contribution in [2.24, 2.45) is 0 Å². The van der Waals surface area contributed by atoms with E-state index in [2.05, 4.69) is 32.2 Å². The molecule has 2 aromatic heterocycles. The highest BCUT2D eigenvalue weighted by Gasteiger charge is 2.21. The van der Waals surface area contributed by atoms with Crippen molar-refractivity contribution in [1.82, 2.24) is 14.8 Å². The number of thioether (sulfide) groups is 1. The lowest BCUT2D eigenvalue weighted by molar-refractivity contribution is -0.115. The van der Waals surface area contributed by atoms with Crippen LogP contribution in [-0.4, -0.2) is 25.9 Å². The van der Waals surface area contributed by atoms with Gasteiger partial charge in [0.15, 0.2) is 11.0 Å². The zero-order valence-corrected chi connectivity index (χ0v) is 17.5. The highest BCUT2D eigenvalue weighted by atomic mass is 32.2. The average molecular weight is 421 g/mol. The smallest absolute Gasteiger partial charge is 0.237 e. The Morgan fingerprint density at radius 3 is 2.45 bits per heavy atom. The first-order valence-electron chi connectivity index (χ1n) is 9.24. The number of benzene rings is 2. The summed E-state index contributed by atoms with van der Waals surface area (Å²) in [4.78, 5) is 13.7. The summed E-state index contributed by atoms with van der Waals surface area (Å²) in [5.74, 6) is 0.759. The number of hydrogen-bond donors (Lipinski definition) is 1. The van der Waals surface area contributed by atoms with Crippen LogP contribution in [0, 0.1) is 0 Å². The van der Waals surface area contributed by atoms with Crippen LogP contribution in [0.1, 0.15) is 12.5 Å². The van der Waals surface area contributed by atoms with Gasteiger partial charge in [-0.05, 0) is 36.1 Å². The second-order valence-electron chi connectivity index (χ2n) is 6.47. The molecule has 2 heterocycles. The zero-order chi connectivity index (χ0) is 20.1. The number of hydrogen-bond acceptors (Lipinski definition) is 5. The van der Waals surface area contributed by atoms with E-state index in [1.807, 2.05) is 73.0 Å². The molecule has 1 N–H and O–H groups in total. The summed E-state index contributed by atoms with van der Waals surface area (Å²) in [6.45, 7) is 2.53. The third-order valence-electron chi connectivity index (χ3n) is 4.33. The lowest BCUT2D eigenvalue weighted by atomic mass is 10.2. The van der Waals surface area contributed by atoms with Gasteiger partial charge < -0.3 is 5.32 Å². The van der Waals surface area contributed by atoms with Crippen LogP contribution in [0.15, 0.2) is 83.3 Å². The highest BCUT2D eigenvalue weighted by Crippen LogP contribution is 2.30. The van der Waals surface area contributed by atoms with Crippen molar-refractivity contribution in [3.05, 3.63) is 83.7 Å². The summed E-state index contributed by atoms with van der Waals surface area (Å²) in [6, 6.07) is 23.7. The van der Waals surface area contributed by atoms with E-state index < -0.39 is 0 Å². The predicted octanol–water partition coefficient (Wildman–Crippen LogP) is 5.17. The average Bonchev–Trinajstić information content (AvgIpc) is 3.40. The zero-order valence-electron chi connectivity index (χ0n) is 15.9. The maximum absolute atomic E-state index is 12.6. The highest BCUT2D eigenvalue weighted by molar-refractivity contribution is 8.00. The fourth-order valence-corrected chi connectivity index (χ4v) is 4.42. The summed E-state index contributed by atoms with van der Waals surface area (Å²) in [6.07, 6.45) is 0. The Morgan fingerprint density at radius 1 is 1.03 bits per heavy atom. The first-order chi connectivity index (χ1) is 14.2. The molecule has 0 fully saturated rings. The van der Waals surface area contributed by atoms with E-state index in [1.54, 1.807) is 11.3 Å². The maximum Gasteiger partial charge on any atom is 0.237 e. The number of para-hydroxylation sites is 1. The summed E-state index contributed by atoms with van der Waals surface area (Å²) in [5.41, 5.74) is 1.95. The van der Waals surface area contributed by atoms with E-state index in [9.17, 15) is 4.79 Å². The summed E-state index contributed by atoms with van der Waals surface area (Å²) < 4.78 is 2.08. The quantitative estimate of drug-likeness (QED) is 0.419. The first-order valence-corrected chi connectivity index (χ1v) is 11.0. The molecule has 7 heteroatoms. The van der Waals surface area contributed by atoms with Crippen LogP contribution in [0.2, 0.25) is 0 Å². The molecule has 0 bridgehead atoms. The normalized spacial score (nSPS) is 11.9. The number of nitrogens with one attached hydrogen (secondary N) is 1. The van der Waals surface area contributed by atoms with Crippen LogP contribution in [0.4, 0.5) is 5.69 Å². The molecular formula is C22H20N4OS2. The Bertz CT molecular complexity index is 1060. The first kappa shape index (κ1) is 19.4. The second-order valence-corrected chi connectivity index (χ2v) is 8.73. The molecule has 0 aliphatic heterocycles. The van der Waals surface area contributed by atoms with E-state index in [0.29, 0.717) is 6.54 Å². The molecule has 0 saturated heterocycles. The van der Waals surface area contributed by atoms with Crippen molar-refractivity contribution in [3.8, 4) is 10.7 Å². The summed E-state index contributed by atoms with van der Waals surface area (Å²) in [7, 11) is 0. The van der Waals surface area contributed by atoms with Gasteiger partial charge in [-0.2, -0.15) is 0 Å². The number of amides is 1. The SMILES string of the molecule is CC(Sc1nnc(-c2cccs2)n1Cc1ccccc1)C(=O)Nc1ccccc1. The van der Waals surface area contributed by atoms with Crippen molar-refractivity contribution < 1.29 is 4.79 Å². The molecule has 4 rings (SSSR count). The molecule has 1 amide bonds. The number of anilines is 1. The minimum Gasteiger partial charge on any atom is -0.325 e. The molecule has 2 aromatic carbocycles. The van der Waals surface area contributed by atoms with Crippen LogP contribution >= 0.6 is 23.1 Å². The fraction of sp³-hybridized carbons (Fsp3) is 0.136. The van der Waals surface area contributed by atoms with Crippen molar-refractivity contribution in [2.75, 3.05) is 5.32 Å². The summed E-state index contributed by atoms with van der Waals surface area (Å²) in [5, 5.41) is 14.2. The van der Waals surface area contributed by atoms with Gasteiger partial charge in [-0.3, -0.25) is 9.36 Å². The molecule has 0 spiro atoms. The summed E-state index contributed by atoms with van der Waals surface area (Å²) >= 11 is 3.05. The molecule has 1 atom stereocenters. The topological polar surface area (TPSA) is 59.8 Å². The van der Waals surface area contributed by atoms with E-state index >= 15 is 0 Å². The van der Waals surface area contributed by atoms with Gasteiger partial charge in [-0.15, -0.1) is 21.5 Å². The van der Waals surface area contributed by atoms with Gasteiger partial charge in [0.2, 0.25) is 5.91 Å². The minimum absolute atomic E-state index is 0.0619. The van der Waals surface area contributed by atoms with Gasteiger partial charge in [-0.1, -0.05) is 66.4 Å². The van der Waals surface area contributed by atoms with E-state index in [0.717, 1.165) is 27.1 Å². The van der Waals surface area contributed by atoms with Crippen LogP contribution in [0.25, 0.3) is 10.7 Å². The molecule has 4 aromatic rings. The number of aromatic nitrogens is 3. The van der Waals surface area contributed by atoms with Gasteiger partial charge in [0.1, 0.15) is 0 Å². The Kier molecular flexibility index (Phi) is 6.07. The van der Waals surface area contributed by atoms with Gasteiger partial charge in [-0.25, -0.2) is 0 Å². The Morgan fingerprint density at radius 2 is 1.76 bits per heavy atom. The lowest BCUT2D eigenvalue weighted by Gasteiger charge is -2.13. The number of thiophene rings is 1. The number of carbonyl (C=O) groups excluding carboxylic acids is 1. The Balaban J connectivity index is 1.57. The molecule has 5 nitrogen and oxygen atoms in total. The molecule has 0 aliphatic carbocycles. The molecule has 0 aliphatic rings. The molecular weight excluding hydrogens is 400 g/mol. The van der Waals surface area contributed by atoms with Crippen molar-refractivity contribution >= 4 is 34.7 Å². The van der Waals surface area contributed by atoms with Gasteiger partial charge in [0.05, 0.1) is 16.7 Å². The minimum atomic E-state index is -0.315. The molecule has 146 valence electrons. The second kappa shape index (κ2) is 9.07. The van der Waals surface area contributed by atoms with E-state index in [-0.39, 0.29) is 11.2 Å². The largest absolute Gasteiger partial charge is 0.325 e. The van der Waals surface area contributed by atoms with Gasteiger partial charge in [0.25, 0.3) is 0 Å². The van der Waals surface area contributed by atoms with Crippen molar-refractivity contribution in [1.29, 1.82) is 0 Å². The molecule has 1 unspecified atom stereocenters. The molecule has 29 heavy (non-hydrogen) atoms. The molecule has 0 radical (unpaired) electrons. The monoisotopic (exact) mass is 420 g/mol. The fourth-order valence-electron chi connectivity index (χ4n) is 2.85. The standard InChI is InChI=1S/C22H20N4OS2/c1-16(21(27)23-18-11-6-3-7-12-18)29-22-25-24-20(19-13-8-14-28-19)26(22)15-17-9-4-2-5-10-17/h2-14,16H,15H2,1H3,(H,23,27). The van der Waals surface area contributed by atoms with Crippen molar-refractivity contribution in [2.45, 2.75) is 23.9 Å². The molecule has 0 saturated carbocycles. The van der Waals surface area contributed by atoms with E-state index in [1.165, 1.54) is 11.8 Å². The van der Waals surface area contributed by atoms with Crippen LogP contribution in [0.3, 0.4) is 0 Å². The van der Waals surface area contributed by atoms with Crippen LogP contribution < -0.4 is 5.32 Å². The van der Waals surface area contributed by atoms with Crippen LogP contribution in [0.5, 0.6) is 0 Å². The third-order valence-corrected chi connectivity index (χ3v) is 6.28. The number of nitrogens with zero attached hydrogens (tertiary/aromatic N) is 3. The van der Waals surface area contributed by atoms with Crippen LogP contribution in [-0.2, 0) is 11.3 Å². The number of carbonyl (C=O) groups is 1. The third kappa shape index (κ3) is 4.75. The van der Waals surface area contributed by atoms with Crippen molar-refractivity contribution in [3.63, 3.8) is 0 Å². The Hall–Kier alpha value is -2.90. The number of rotatable bonds is 7. The maximum atomic E-state index is 12.6. The van der Waals surface area contributed by atoms with E-state index in [4.69, 9.17) is 0 Å². The predicted molar refractivity (Wildman–Crippen MR) is 119 cm³/mol. The van der Waals surface area contributed by atoms with Gasteiger partial charge in [0, 0.05) is 5.69 Å². The lowest BCUT2D eigenvalue weighted by Crippen LogP contribution is -2.23. The Labute approximate surface area is 177 Å². The van der Waals surface area contributed by atoms with Gasteiger partial charge >= 0.3 is 0 Å².